The van der Waals surface area contributed by atoms with Crippen LogP contribution in [0.15, 0.2) is 42.5 Å². The van der Waals surface area contributed by atoms with Crippen LogP contribution in [0.1, 0.15) is 36.5 Å². The SMILES string of the molecule is CCCN1CCC(N(C)c2cccc(NC(=O)c3ccc(F)cc3Cl)c2)CC1.Cl.Cl. The van der Waals surface area contributed by atoms with Crippen molar-refractivity contribution in [1.29, 1.82) is 0 Å². The number of anilines is 2. The van der Waals surface area contributed by atoms with Crippen molar-refractivity contribution < 1.29 is 9.18 Å². The number of hydrogen-bond acceptors (Lipinski definition) is 3. The number of rotatable bonds is 6. The minimum atomic E-state index is -0.463. The molecule has 0 radical (unpaired) electrons. The predicted molar refractivity (Wildman–Crippen MR) is 128 cm³/mol. The molecule has 1 amide bonds. The molecule has 30 heavy (non-hydrogen) atoms. The molecule has 1 saturated heterocycles. The van der Waals surface area contributed by atoms with E-state index in [0.29, 0.717) is 11.7 Å². The zero-order valence-corrected chi connectivity index (χ0v) is 19.6. The van der Waals surface area contributed by atoms with Gasteiger partial charge in [0.2, 0.25) is 0 Å². The van der Waals surface area contributed by atoms with Crippen molar-refractivity contribution in [2.45, 2.75) is 32.2 Å². The summed E-state index contributed by atoms with van der Waals surface area (Å²) in [5, 5.41) is 2.96. The topological polar surface area (TPSA) is 35.6 Å². The number of nitrogens with one attached hydrogen (secondary N) is 1. The van der Waals surface area contributed by atoms with Crippen LogP contribution in [0.5, 0.6) is 0 Å². The Balaban J connectivity index is 0.00000225. The molecule has 166 valence electrons. The third-order valence-electron chi connectivity index (χ3n) is 5.33. The van der Waals surface area contributed by atoms with Crippen LogP contribution < -0.4 is 10.2 Å². The highest BCUT2D eigenvalue weighted by atomic mass is 35.5. The smallest absolute Gasteiger partial charge is 0.257 e. The first-order valence-electron chi connectivity index (χ1n) is 9.79. The van der Waals surface area contributed by atoms with Crippen molar-refractivity contribution in [3.8, 4) is 0 Å². The minimum absolute atomic E-state index is 0. The van der Waals surface area contributed by atoms with Gasteiger partial charge in [0.05, 0.1) is 10.6 Å². The fourth-order valence-corrected chi connectivity index (χ4v) is 3.99. The van der Waals surface area contributed by atoms with Gasteiger partial charge in [0.15, 0.2) is 0 Å². The monoisotopic (exact) mass is 475 g/mol. The van der Waals surface area contributed by atoms with Crippen molar-refractivity contribution in [2.24, 2.45) is 0 Å². The van der Waals surface area contributed by atoms with E-state index in [1.807, 2.05) is 18.2 Å². The van der Waals surface area contributed by atoms with Crippen molar-refractivity contribution in [3.63, 3.8) is 0 Å². The second-order valence-electron chi connectivity index (χ2n) is 7.31. The normalized spacial score (nSPS) is 14.4. The quantitative estimate of drug-likeness (QED) is 0.565. The van der Waals surface area contributed by atoms with Crippen molar-refractivity contribution in [2.75, 3.05) is 36.9 Å². The maximum atomic E-state index is 13.2. The summed E-state index contributed by atoms with van der Waals surface area (Å²) < 4.78 is 13.2. The Bertz CT molecular complexity index is 829. The number of nitrogens with zero attached hydrogens (tertiary/aromatic N) is 2. The van der Waals surface area contributed by atoms with Gasteiger partial charge in [-0.2, -0.15) is 0 Å². The van der Waals surface area contributed by atoms with E-state index in [2.05, 4.69) is 35.2 Å². The zero-order valence-electron chi connectivity index (χ0n) is 17.2. The molecule has 0 bridgehead atoms. The second-order valence-corrected chi connectivity index (χ2v) is 7.72. The Morgan fingerprint density at radius 1 is 1.20 bits per heavy atom. The Hall–Kier alpha value is -1.53. The standard InChI is InChI=1S/C22H27ClFN3O.2ClH/c1-3-11-27-12-9-18(10-13-27)26(2)19-6-4-5-17(15-19)25-22(28)20-8-7-16(24)14-21(20)23;;/h4-8,14-15,18H,3,9-13H2,1-2H3,(H,25,28);2*1H. The Labute approximate surface area is 195 Å². The van der Waals surface area contributed by atoms with Crippen LogP contribution in [-0.2, 0) is 0 Å². The molecule has 0 unspecified atom stereocenters. The minimum Gasteiger partial charge on any atom is -0.371 e. The first-order chi connectivity index (χ1) is 13.5. The molecule has 1 heterocycles. The van der Waals surface area contributed by atoms with Crippen LogP contribution in [0.3, 0.4) is 0 Å². The maximum Gasteiger partial charge on any atom is 0.257 e. The summed E-state index contributed by atoms with van der Waals surface area (Å²) in [6.45, 7) is 5.64. The number of likely N-dealkylation sites (tertiary alicyclic amines) is 1. The third-order valence-corrected chi connectivity index (χ3v) is 5.64. The van der Waals surface area contributed by atoms with E-state index in [9.17, 15) is 9.18 Å². The molecule has 4 nitrogen and oxygen atoms in total. The molecular weight excluding hydrogens is 448 g/mol. The number of amides is 1. The fraction of sp³-hybridized carbons (Fsp3) is 0.409. The predicted octanol–water partition coefficient (Wildman–Crippen LogP) is 5.89. The van der Waals surface area contributed by atoms with Crippen LogP contribution in [0.2, 0.25) is 5.02 Å². The lowest BCUT2D eigenvalue weighted by molar-refractivity contribution is 0.102. The molecule has 8 heteroatoms. The fourth-order valence-electron chi connectivity index (χ4n) is 3.73. The first kappa shape index (κ1) is 26.5. The summed E-state index contributed by atoms with van der Waals surface area (Å²) in [5.41, 5.74) is 2.01. The average Bonchev–Trinajstić information content (AvgIpc) is 2.68. The van der Waals surface area contributed by atoms with Crippen LogP contribution in [0, 0.1) is 5.82 Å². The highest BCUT2D eigenvalue weighted by Crippen LogP contribution is 2.26. The number of hydrogen-bond donors (Lipinski definition) is 1. The zero-order chi connectivity index (χ0) is 20.1. The number of carbonyl (C=O) groups is 1. The van der Waals surface area contributed by atoms with Gasteiger partial charge in [-0.15, -0.1) is 24.8 Å². The molecule has 1 aliphatic rings. The van der Waals surface area contributed by atoms with Crippen molar-refractivity contribution >= 4 is 53.7 Å². The summed E-state index contributed by atoms with van der Waals surface area (Å²) >= 11 is 6.00. The van der Waals surface area contributed by atoms with Gasteiger partial charge in [-0.05, 0) is 62.2 Å². The van der Waals surface area contributed by atoms with Gasteiger partial charge in [0, 0.05) is 37.6 Å². The highest BCUT2D eigenvalue weighted by molar-refractivity contribution is 6.34. The van der Waals surface area contributed by atoms with Gasteiger partial charge in [-0.1, -0.05) is 24.6 Å². The molecule has 0 spiro atoms. The van der Waals surface area contributed by atoms with Crippen LogP contribution in [0.4, 0.5) is 15.8 Å². The molecule has 1 N–H and O–H groups in total. The lowest BCUT2D eigenvalue weighted by Crippen LogP contribution is -2.43. The number of carbonyl (C=O) groups excluding carboxylic acids is 1. The van der Waals surface area contributed by atoms with E-state index in [-0.39, 0.29) is 41.3 Å². The van der Waals surface area contributed by atoms with Gasteiger partial charge in [0.1, 0.15) is 5.82 Å². The average molecular weight is 477 g/mol. The molecular formula is C22H29Cl3FN3O. The molecule has 1 aliphatic heterocycles. The van der Waals surface area contributed by atoms with E-state index in [1.54, 1.807) is 0 Å². The van der Waals surface area contributed by atoms with E-state index in [0.717, 1.165) is 37.7 Å². The Morgan fingerprint density at radius 3 is 2.53 bits per heavy atom. The molecule has 0 aliphatic carbocycles. The summed E-state index contributed by atoms with van der Waals surface area (Å²) in [6, 6.07) is 12.1. The maximum absolute atomic E-state index is 13.2. The van der Waals surface area contributed by atoms with Gasteiger partial charge < -0.3 is 15.1 Å². The number of piperidine rings is 1. The molecule has 1 fully saturated rings. The first-order valence-corrected chi connectivity index (χ1v) is 10.2. The second kappa shape index (κ2) is 12.4. The van der Waals surface area contributed by atoms with Crippen LogP contribution in [0.25, 0.3) is 0 Å². The Morgan fingerprint density at radius 2 is 1.90 bits per heavy atom. The van der Waals surface area contributed by atoms with E-state index in [1.165, 1.54) is 25.1 Å². The van der Waals surface area contributed by atoms with Crippen molar-refractivity contribution in [3.05, 3.63) is 58.9 Å². The third kappa shape index (κ3) is 6.74. The van der Waals surface area contributed by atoms with Crippen LogP contribution >= 0.6 is 36.4 Å². The lowest BCUT2D eigenvalue weighted by Gasteiger charge is -2.37. The summed E-state index contributed by atoms with van der Waals surface area (Å²) in [6.07, 6.45) is 3.47. The van der Waals surface area contributed by atoms with E-state index >= 15 is 0 Å². The highest BCUT2D eigenvalue weighted by Gasteiger charge is 2.22. The summed E-state index contributed by atoms with van der Waals surface area (Å²) in [7, 11) is 2.11. The molecule has 3 rings (SSSR count). The largest absolute Gasteiger partial charge is 0.371 e. The molecule has 2 aromatic carbocycles. The summed E-state index contributed by atoms with van der Waals surface area (Å²) in [4.78, 5) is 17.3. The number of benzene rings is 2. The van der Waals surface area contributed by atoms with Gasteiger partial charge in [0.25, 0.3) is 5.91 Å². The van der Waals surface area contributed by atoms with Gasteiger partial charge in [-0.25, -0.2) is 4.39 Å². The van der Waals surface area contributed by atoms with E-state index in [4.69, 9.17) is 11.6 Å². The Kier molecular flexibility index (Phi) is 10.9. The molecule has 0 atom stereocenters. The summed E-state index contributed by atoms with van der Waals surface area (Å²) in [5.74, 6) is -0.812. The van der Waals surface area contributed by atoms with E-state index < -0.39 is 5.82 Å². The molecule has 0 saturated carbocycles. The number of halogens is 4. The van der Waals surface area contributed by atoms with Crippen LogP contribution in [-0.4, -0.2) is 43.5 Å². The molecule has 2 aromatic rings. The van der Waals surface area contributed by atoms with Gasteiger partial charge >= 0.3 is 0 Å². The van der Waals surface area contributed by atoms with Gasteiger partial charge in [-0.3, -0.25) is 4.79 Å². The molecule has 0 aromatic heterocycles. The lowest BCUT2D eigenvalue weighted by atomic mass is 10.0. The van der Waals surface area contributed by atoms with Crippen molar-refractivity contribution in [1.82, 2.24) is 4.90 Å².